The van der Waals surface area contributed by atoms with E-state index in [0.29, 0.717) is 0 Å². The van der Waals surface area contributed by atoms with E-state index in [4.69, 9.17) is 10.2 Å². The van der Waals surface area contributed by atoms with Crippen LogP contribution in [-0.2, 0) is 4.79 Å². The van der Waals surface area contributed by atoms with Crippen LogP contribution in [0, 0.1) is 5.92 Å². The van der Waals surface area contributed by atoms with Gasteiger partial charge in [-0.1, -0.05) is 0 Å². The van der Waals surface area contributed by atoms with E-state index in [2.05, 4.69) is 5.32 Å². The predicted molar refractivity (Wildman–Crippen MR) is 53.1 cm³/mol. The van der Waals surface area contributed by atoms with Crippen LogP contribution in [0.2, 0.25) is 0 Å². The van der Waals surface area contributed by atoms with Crippen LogP contribution in [0.3, 0.4) is 0 Å². The molecule has 3 unspecified atom stereocenters. The highest BCUT2D eigenvalue weighted by atomic mass is 16.4. The zero-order valence-corrected chi connectivity index (χ0v) is 8.57. The molecule has 0 amide bonds. The molecule has 14 heavy (non-hydrogen) atoms. The molecule has 82 valence electrons. The summed E-state index contributed by atoms with van der Waals surface area (Å²) in [5.41, 5.74) is 0. The van der Waals surface area contributed by atoms with Crippen LogP contribution < -0.4 is 5.32 Å². The van der Waals surface area contributed by atoms with E-state index in [1.54, 1.807) is 6.92 Å². The van der Waals surface area contributed by atoms with Gasteiger partial charge in [0.1, 0.15) is 0 Å². The minimum atomic E-state index is -0.690. The van der Waals surface area contributed by atoms with Crippen molar-refractivity contribution in [2.45, 2.75) is 44.8 Å². The molecule has 4 heteroatoms. The summed E-state index contributed by atoms with van der Waals surface area (Å²) in [7, 11) is 0. The van der Waals surface area contributed by atoms with Crippen molar-refractivity contribution in [3.63, 3.8) is 0 Å². The molecule has 4 nitrogen and oxygen atoms in total. The Morgan fingerprint density at radius 1 is 1.57 bits per heavy atom. The number of carbonyl (C=O) groups is 1. The molecule has 1 aliphatic rings. The standard InChI is InChI=1S/C10H19NO3/c1-7(12)3-2-6-11-9-5-4-8(9)10(13)14/h7-9,11-12H,2-6H2,1H3,(H,13,14). The molecule has 0 heterocycles. The largest absolute Gasteiger partial charge is 0.481 e. The van der Waals surface area contributed by atoms with Gasteiger partial charge in [0.2, 0.25) is 0 Å². The number of nitrogens with one attached hydrogen (secondary N) is 1. The van der Waals surface area contributed by atoms with Gasteiger partial charge in [-0.2, -0.15) is 0 Å². The van der Waals surface area contributed by atoms with Crippen molar-refractivity contribution >= 4 is 5.97 Å². The van der Waals surface area contributed by atoms with Gasteiger partial charge in [0, 0.05) is 6.04 Å². The lowest BCUT2D eigenvalue weighted by molar-refractivity contribution is -0.146. The van der Waals surface area contributed by atoms with Gasteiger partial charge in [-0.25, -0.2) is 0 Å². The van der Waals surface area contributed by atoms with E-state index < -0.39 is 5.97 Å². The number of hydrogen-bond acceptors (Lipinski definition) is 3. The topological polar surface area (TPSA) is 69.6 Å². The molecule has 3 N–H and O–H groups in total. The fourth-order valence-electron chi connectivity index (χ4n) is 1.72. The van der Waals surface area contributed by atoms with Gasteiger partial charge in [0.15, 0.2) is 0 Å². The zero-order valence-electron chi connectivity index (χ0n) is 8.57. The average Bonchev–Trinajstić information content (AvgIpc) is 1.99. The lowest BCUT2D eigenvalue weighted by atomic mass is 9.79. The number of carboxylic acid groups (broad SMARTS) is 1. The van der Waals surface area contributed by atoms with E-state index in [0.717, 1.165) is 32.2 Å². The first-order valence-corrected chi connectivity index (χ1v) is 5.25. The normalized spacial score (nSPS) is 28.1. The molecule has 0 aromatic heterocycles. The molecule has 0 saturated heterocycles. The minimum Gasteiger partial charge on any atom is -0.481 e. The van der Waals surface area contributed by atoms with Crippen molar-refractivity contribution in [3.8, 4) is 0 Å². The Kier molecular flexibility index (Phi) is 4.35. The van der Waals surface area contributed by atoms with Gasteiger partial charge in [0.05, 0.1) is 12.0 Å². The number of aliphatic hydroxyl groups is 1. The Bertz CT molecular complexity index is 194. The lowest BCUT2D eigenvalue weighted by Crippen LogP contribution is -2.47. The van der Waals surface area contributed by atoms with Crippen molar-refractivity contribution in [3.05, 3.63) is 0 Å². The van der Waals surface area contributed by atoms with Crippen molar-refractivity contribution < 1.29 is 15.0 Å². The summed E-state index contributed by atoms with van der Waals surface area (Å²) in [5.74, 6) is -0.883. The number of hydrogen-bond donors (Lipinski definition) is 3. The highest BCUT2D eigenvalue weighted by molar-refractivity contribution is 5.72. The predicted octanol–water partition coefficient (Wildman–Crippen LogP) is 0.600. The molecule has 0 aromatic carbocycles. The van der Waals surface area contributed by atoms with Crippen molar-refractivity contribution in [1.82, 2.24) is 5.32 Å². The van der Waals surface area contributed by atoms with Gasteiger partial charge in [-0.15, -0.1) is 0 Å². The van der Waals surface area contributed by atoms with E-state index >= 15 is 0 Å². The van der Waals surface area contributed by atoms with Gasteiger partial charge in [0.25, 0.3) is 0 Å². The number of aliphatic hydroxyl groups excluding tert-OH is 1. The summed E-state index contributed by atoms with van der Waals surface area (Å²) in [6.45, 7) is 2.57. The monoisotopic (exact) mass is 201 g/mol. The molecule has 3 atom stereocenters. The molecule has 0 radical (unpaired) electrons. The smallest absolute Gasteiger partial charge is 0.308 e. The SMILES string of the molecule is CC(O)CCCNC1CCC1C(=O)O. The van der Waals surface area contributed by atoms with Gasteiger partial charge in [-0.05, 0) is 39.2 Å². The first-order valence-electron chi connectivity index (χ1n) is 5.25. The van der Waals surface area contributed by atoms with Crippen LogP contribution in [0.15, 0.2) is 0 Å². The summed E-state index contributed by atoms with van der Waals surface area (Å²) in [6.07, 6.45) is 3.18. The summed E-state index contributed by atoms with van der Waals surface area (Å²) < 4.78 is 0. The third-order valence-electron chi connectivity index (χ3n) is 2.80. The number of rotatable bonds is 6. The highest BCUT2D eigenvalue weighted by Gasteiger charge is 2.35. The summed E-state index contributed by atoms with van der Waals surface area (Å²) in [6, 6.07) is 0.154. The Hall–Kier alpha value is -0.610. The molecule has 0 aliphatic heterocycles. The Morgan fingerprint density at radius 3 is 2.71 bits per heavy atom. The molecule has 0 bridgehead atoms. The van der Waals surface area contributed by atoms with E-state index in [9.17, 15) is 4.79 Å². The van der Waals surface area contributed by atoms with Gasteiger partial charge >= 0.3 is 5.97 Å². The zero-order chi connectivity index (χ0) is 10.6. The van der Waals surface area contributed by atoms with Crippen LogP contribution in [0.4, 0.5) is 0 Å². The molecular weight excluding hydrogens is 182 g/mol. The summed E-state index contributed by atoms with van der Waals surface area (Å²) in [5, 5.41) is 21.0. The highest BCUT2D eigenvalue weighted by Crippen LogP contribution is 2.27. The molecule has 1 fully saturated rings. The van der Waals surface area contributed by atoms with Crippen LogP contribution in [0.5, 0.6) is 0 Å². The van der Waals surface area contributed by atoms with Crippen LogP contribution >= 0.6 is 0 Å². The van der Waals surface area contributed by atoms with Crippen molar-refractivity contribution in [1.29, 1.82) is 0 Å². The second kappa shape index (κ2) is 5.32. The van der Waals surface area contributed by atoms with E-state index in [1.165, 1.54) is 0 Å². The maximum atomic E-state index is 10.7. The third kappa shape index (κ3) is 3.27. The van der Waals surface area contributed by atoms with E-state index in [1.807, 2.05) is 0 Å². The first-order chi connectivity index (χ1) is 6.61. The molecular formula is C10H19NO3. The second-order valence-electron chi connectivity index (χ2n) is 4.07. The first kappa shape index (κ1) is 11.5. The lowest BCUT2D eigenvalue weighted by Gasteiger charge is -2.34. The van der Waals surface area contributed by atoms with E-state index in [-0.39, 0.29) is 18.1 Å². The maximum absolute atomic E-state index is 10.7. The van der Waals surface area contributed by atoms with Gasteiger partial charge in [-0.3, -0.25) is 4.79 Å². The minimum absolute atomic E-state index is 0.154. The van der Waals surface area contributed by atoms with Crippen LogP contribution in [0.25, 0.3) is 0 Å². The molecule has 1 saturated carbocycles. The molecule has 1 aliphatic carbocycles. The molecule has 0 spiro atoms. The van der Waals surface area contributed by atoms with Crippen LogP contribution in [0.1, 0.15) is 32.6 Å². The second-order valence-corrected chi connectivity index (χ2v) is 4.07. The van der Waals surface area contributed by atoms with Crippen LogP contribution in [-0.4, -0.2) is 34.9 Å². The average molecular weight is 201 g/mol. The summed E-state index contributed by atoms with van der Waals surface area (Å²) in [4.78, 5) is 10.7. The van der Waals surface area contributed by atoms with Crippen molar-refractivity contribution in [2.75, 3.05) is 6.54 Å². The molecule has 0 aromatic rings. The Labute approximate surface area is 84.3 Å². The molecule has 1 rings (SSSR count). The Balaban J connectivity index is 2.05. The summed E-state index contributed by atoms with van der Waals surface area (Å²) >= 11 is 0. The maximum Gasteiger partial charge on any atom is 0.308 e. The Morgan fingerprint density at radius 2 is 2.29 bits per heavy atom. The number of carboxylic acids is 1. The fourth-order valence-corrected chi connectivity index (χ4v) is 1.72. The quantitative estimate of drug-likeness (QED) is 0.550. The van der Waals surface area contributed by atoms with Crippen molar-refractivity contribution in [2.24, 2.45) is 5.92 Å². The fraction of sp³-hybridized carbons (Fsp3) is 0.900. The third-order valence-corrected chi connectivity index (χ3v) is 2.80. The number of aliphatic carboxylic acids is 1. The van der Waals surface area contributed by atoms with Gasteiger partial charge < -0.3 is 15.5 Å².